The predicted octanol–water partition coefficient (Wildman–Crippen LogP) is 12.3. The second-order valence-corrected chi connectivity index (χ2v) is 17.8. The summed E-state index contributed by atoms with van der Waals surface area (Å²) in [4.78, 5) is 78.9. The zero-order valence-corrected chi connectivity index (χ0v) is 41.6. The van der Waals surface area contributed by atoms with E-state index in [-0.39, 0.29) is 56.2 Å². The van der Waals surface area contributed by atoms with Crippen molar-refractivity contribution in [3.8, 4) is 11.5 Å². The van der Waals surface area contributed by atoms with E-state index >= 15 is 0 Å². The van der Waals surface area contributed by atoms with Gasteiger partial charge in [0.15, 0.2) is 11.6 Å². The summed E-state index contributed by atoms with van der Waals surface area (Å²) in [7, 11) is 3.03. The fraction of sp³-hybridized carbons (Fsp3) is 0.250. The number of Topliss-reactive ketones (excluding diaryl/α,β-unsaturated/α-hetero) is 2. The van der Waals surface area contributed by atoms with Gasteiger partial charge in [-0.3, -0.25) is 28.8 Å². The van der Waals surface area contributed by atoms with Crippen LogP contribution in [-0.2, 0) is 25.6 Å². The van der Waals surface area contributed by atoms with Gasteiger partial charge in [0.2, 0.25) is 12.1 Å². The first-order valence-corrected chi connectivity index (χ1v) is 23.0. The van der Waals surface area contributed by atoms with Crippen molar-refractivity contribution in [2.24, 2.45) is 20.5 Å². The second kappa shape index (κ2) is 24.7. The highest BCUT2D eigenvalue weighted by atomic mass is 35.5. The molecule has 0 fully saturated rings. The second-order valence-electron chi connectivity index (χ2n) is 15.2. The number of nitrogens with zero attached hydrogens (tertiary/aromatic N) is 4. The summed E-state index contributed by atoms with van der Waals surface area (Å²) in [6, 6.07) is 19.6. The van der Waals surface area contributed by atoms with Gasteiger partial charge in [-0.15, -0.1) is 34.8 Å². The molecule has 0 bridgehead atoms. The van der Waals surface area contributed by atoms with E-state index in [9.17, 15) is 28.8 Å². The number of benzene rings is 5. The normalized spacial score (nSPS) is 13.0. The van der Waals surface area contributed by atoms with Crippen LogP contribution in [0.15, 0.2) is 111 Å². The number of halogens is 5. The largest absolute Gasteiger partial charge is 0.496 e. The van der Waals surface area contributed by atoms with E-state index in [0.29, 0.717) is 39.6 Å². The molecule has 0 aliphatic carbocycles. The molecule has 0 saturated carbocycles. The van der Waals surface area contributed by atoms with E-state index in [1.165, 1.54) is 68.8 Å². The lowest BCUT2D eigenvalue weighted by Gasteiger charge is -2.15. The van der Waals surface area contributed by atoms with Crippen LogP contribution in [0, 0.1) is 0 Å². The number of anilines is 4. The van der Waals surface area contributed by atoms with Crippen molar-refractivity contribution in [1.82, 2.24) is 0 Å². The number of methoxy groups -OCH3 is 2. The number of rotatable bonds is 20. The van der Waals surface area contributed by atoms with Crippen LogP contribution in [0.2, 0.25) is 10.0 Å². The van der Waals surface area contributed by atoms with Gasteiger partial charge in [0.1, 0.15) is 11.5 Å². The number of ether oxygens (including phenoxy) is 2. The number of azo groups is 2. The maximum atomic E-state index is 13.5. The Labute approximate surface area is 422 Å². The van der Waals surface area contributed by atoms with Crippen LogP contribution < -0.4 is 30.7 Å². The number of nitrogens with one attached hydrogen (secondary N) is 4. The van der Waals surface area contributed by atoms with Crippen LogP contribution >= 0.6 is 58.0 Å². The molecule has 0 aliphatic heterocycles. The molecule has 0 spiro atoms. The Morgan fingerprint density at radius 3 is 1.39 bits per heavy atom. The summed E-state index contributed by atoms with van der Waals surface area (Å²) < 4.78 is 10.7. The number of ketones is 2. The van der Waals surface area contributed by atoms with Crippen LogP contribution in [0.4, 0.5) is 34.1 Å². The standard InChI is InChI=1S/C48H45Cl5N8O8/c1-24(50)38-22-34(8-11-41(38)68-5)54-45(64)29-15-31(52)20-36(18-29)58-60-43(26(3)62)47(66)56-33-7-10-40(28(17-33)13-14-49)57-48(67)44(27(4)63)61-59-37-19-30(16-32(53)21-37)46(65)55-35-9-12-42(69-6)39(23-35)25(2)51/h7-12,15-25,43-44H,13-14H2,1-6H3,(H,54,64)(H,55,65)(H,56,66)(H,57,67). The molecule has 0 saturated heterocycles. The zero-order chi connectivity index (χ0) is 50.5. The Kier molecular flexibility index (Phi) is 19.2. The monoisotopic (exact) mass is 1040 g/mol. The minimum absolute atomic E-state index is 0.0878. The molecule has 21 heteroatoms. The van der Waals surface area contributed by atoms with E-state index < -0.39 is 58.0 Å². The van der Waals surface area contributed by atoms with Crippen molar-refractivity contribution in [2.45, 2.75) is 57.0 Å². The average molecular weight is 1040 g/mol. The molecule has 5 rings (SSSR count). The fourth-order valence-corrected chi connectivity index (χ4v) is 7.58. The SMILES string of the molecule is COc1ccc(NC(=O)c2cc(Cl)cc(N=NC(C(C)=O)C(=O)Nc3ccc(NC(=O)C(N=Nc4cc(Cl)cc(C(=O)Nc5ccc(OC)c(C(C)Cl)c5)c4)C(C)=O)c(CCCl)c3)c2)cc1C(C)Cl. The van der Waals surface area contributed by atoms with Gasteiger partial charge in [-0.25, -0.2) is 0 Å². The third kappa shape index (κ3) is 14.8. The van der Waals surface area contributed by atoms with E-state index in [4.69, 9.17) is 67.5 Å². The first kappa shape index (κ1) is 53.5. The fourth-order valence-electron chi connectivity index (χ4n) is 6.58. The molecule has 0 aliphatic rings. The molecule has 0 aromatic heterocycles. The molecular weight excluding hydrogens is 994 g/mol. The first-order valence-electron chi connectivity index (χ1n) is 20.8. The molecule has 0 heterocycles. The molecule has 4 unspecified atom stereocenters. The molecule has 5 aromatic carbocycles. The smallest absolute Gasteiger partial charge is 0.258 e. The number of hydrogen-bond donors (Lipinski definition) is 4. The first-order chi connectivity index (χ1) is 32.8. The van der Waals surface area contributed by atoms with Gasteiger partial charge in [-0.05, 0) is 131 Å². The van der Waals surface area contributed by atoms with E-state index in [0.717, 1.165) is 13.8 Å². The van der Waals surface area contributed by atoms with Crippen LogP contribution in [0.1, 0.15) is 75.9 Å². The van der Waals surface area contributed by atoms with Gasteiger partial charge in [0, 0.05) is 60.9 Å². The van der Waals surface area contributed by atoms with Crippen LogP contribution in [-0.4, -0.2) is 67.4 Å². The predicted molar refractivity (Wildman–Crippen MR) is 269 cm³/mol. The molecule has 360 valence electrons. The Morgan fingerprint density at radius 2 is 0.986 bits per heavy atom. The number of aryl methyl sites for hydroxylation is 1. The van der Waals surface area contributed by atoms with Gasteiger partial charge in [-0.1, -0.05) is 23.2 Å². The summed E-state index contributed by atoms with van der Waals surface area (Å²) in [6.07, 6.45) is 0.204. The third-order valence-corrected chi connectivity index (χ3v) is 11.1. The highest BCUT2D eigenvalue weighted by Crippen LogP contribution is 2.34. The molecule has 0 radical (unpaired) electrons. The van der Waals surface area contributed by atoms with Gasteiger partial charge < -0.3 is 30.7 Å². The summed E-state index contributed by atoms with van der Waals surface area (Å²) >= 11 is 31.3. The lowest BCUT2D eigenvalue weighted by Crippen LogP contribution is -2.32. The van der Waals surface area contributed by atoms with Gasteiger partial charge in [0.05, 0.1) is 36.3 Å². The highest BCUT2D eigenvalue weighted by molar-refractivity contribution is 6.32. The minimum Gasteiger partial charge on any atom is -0.496 e. The molecule has 69 heavy (non-hydrogen) atoms. The lowest BCUT2D eigenvalue weighted by molar-refractivity contribution is -0.127. The molecule has 4 atom stereocenters. The number of alkyl halides is 3. The number of amides is 4. The number of hydrogen-bond acceptors (Lipinski definition) is 12. The third-order valence-electron chi connectivity index (χ3n) is 9.96. The Bertz CT molecular complexity index is 2840. The van der Waals surface area contributed by atoms with Gasteiger partial charge >= 0.3 is 0 Å². The summed E-state index contributed by atoms with van der Waals surface area (Å²) in [6.45, 7) is 5.86. The zero-order valence-electron chi connectivity index (χ0n) is 37.8. The van der Waals surface area contributed by atoms with Crippen molar-refractivity contribution in [3.05, 3.63) is 129 Å². The van der Waals surface area contributed by atoms with Crippen molar-refractivity contribution in [2.75, 3.05) is 41.4 Å². The van der Waals surface area contributed by atoms with Crippen LogP contribution in [0.3, 0.4) is 0 Å². The Morgan fingerprint density at radius 1 is 0.565 bits per heavy atom. The topological polar surface area (TPSA) is 218 Å². The van der Waals surface area contributed by atoms with Crippen LogP contribution in [0.5, 0.6) is 11.5 Å². The van der Waals surface area contributed by atoms with Crippen LogP contribution in [0.25, 0.3) is 0 Å². The van der Waals surface area contributed by atoms with E-state index in [1.54, 1.807) is 50.2 Å². The van der Waals surface area contributed by atoms with Crippen molar-refractivity contribution in [3.63, 3.8) is 0 Å². The van der Waals surface area contributed by atoms with E-state index in [1.807, 2.05) is 0 Å². The Hall–Kier alpha value is -6.43. The number of carbonyl (C=O) groups excluding carboxylic acids is 6. The summed E-state index contributed by atoms with van der Waals surface area (Å²) in [5.74, 6) is -2.80. The van der Waals surface area contributed by atoms with Crippen molar-refractivity contribution in [1.29, 1.82) is 0 Å². The van der Waals surface area contributed by atoms with Gasteiger partial charge in [-0.2, -0.15) is 20.5 Å². The average Bonchev–Trinajstić information content (AvgIpc) is 3.29. The van der Waals surface area contributed by atoms with E-state index in [2.05, 4.69) is 41.7 Å². The highest BCUT2D eigenvalue weighted by Gasteiger charge is 2.26. The van der Waals surface area contributed by atoms with Gasteiger partial charge in [0.25, 0.3) is 23.6 Å². The van der Waals surface area contributed by atoms with Crippen molar-refractivity contribution >= 4 is 127 Å². The molecule has 4 N–H and O–H groups in total. The molecule has 5 aromatic rings. The Balaban J connectivity index is 1.27. The number of carbonyl (C=O) groups is 6. The maximum absolute atomic E-state index is 13.5. The lowest BCUT2D eigenvalue weighted by atomic mass is 10.1. The minimum atomic E-state index is -1.62. The van der Waals surface area contributed by atoms with Crippen molar-refractivity contribution < 1.29 is 38.2 Å². The molecular formula is C48H45Cl5N8O8. The summed E-state index contributed by atoms with van der Waals surface area (Å²) in [5, 5.41) is 26.5. The molecule has 16 nitrogen and oxygen atoms in total. The summed E-state index contributed by atoms with van der Waals surface area (Å²) in [5.41, 5.74) is 3.57. The molecule has 4 amide bonds. The maximum Gasteiger partial charge on any atom is 0.258 e. The quantitative estimate of drug-likeness (QED) is 0.0333.